The van der Waals surface area contributed by atoms with E-state index in [4.69, 9.17) is 5.73 Å². The van der Waals surface area contributed by atoms with Crippen LogP contribution in [0, 0.1) is 0 Å². The number of carboxylic acids is 1. The van der Waals surface area contributed by atoms with Crippen molar-refractivity contribution in [3.05, 3.63) is 11.3 Å². The van der Waals surface area contributed by atoms with Gasteiger partial charge in [0.15, 0.2) is 0 Å². The topological polar surface area (TPSA) is 130 Å². The largest absolute Gasteiger partial charge is 0.477 e. The molecule has 3 N–H and O–H groups in total. The van der Waals surface area contributed by atoms with Gasteiger partial charge in [-0.25, -0.2) is 9.48 Å². The molecule has 3 heterocycles. The summed E-state index contributed by atoms with van der Waals surface area (Å²) in [7, 11) is 3.93. The van der Waals surface area contributed by atoms with E-state index in [9.17, 15) is 14.7 Å². The monoisotopic (exact) mass is 421 g/mol. The first-order chi connectivity index (χ1) is 11.9. The number of tetrazole rings is 1. The molecule has 3 rings (SSSR count). The van der Waals surface area contributed by atoms with Crippen LogP contribution in [0.2, 0.25) is 0 Å². The lowest BCUT2D eigenvalue weighted by atomic mass is 10.0. The van der Waals surface area contributed by atoms with Gasteiger partial charge in [0.25, 0.3) is 0 Å². The highest BCUT2D eigenvalue weighted by Gasteiger charge is 2.51. The Kier molecular flexibility index (Phi) is 6.91. The highest BCUT2D eigenvalue weighted by molar-refractivity contribution is 8.01. The van der Waals surface area contributed by atoms with Gasteiger partial charge < -0.3 is 15.7 Å². The van der Waals surface area contributed by atoms with Crippen molar-refractivity contribution in [2.45, 2.75) is 23.1 Å². The third-order valence-corrected chi connectivity index (χ3v) is 6.33. The number of carbonyl (C=O) groups is 2. The molecule has 0 radical (unpaired) electrons. The maximum absolute atomic E-state index is 11.9. The Morgan fingerprint density at radius 2 is 2.23 bits per heavy atom. The molecule has 0 aliphatic carbocycles. The van der Waals surface area contributed by atoms with Crippen LogP contribution < -0.4 is 5.73 Å². The van der Waals surface area contributed by atoms with E-state index in [0.29, 0.717) is 28.8 Å². The molecule has 2 unspecified atom stereocenters. The number of amides is 1. The molecule has 26 heavy (non-hydrogen) atoms. The number of likely N-dealkylation sites (N-methyl/N-ethyl adjacent to an activating group) is 1. The maximum Gasteiger partial charge on any atom is 0.352 e. The second-order valence-electron chi connectivity index (χ2n) is 5.97. The molecule has 1 amide bonds. The fourth-order valence-corrected chi connectivity index (χ4v) is 4.91. The van der Waals surface area contributed by atoms with Gasteiger partial charge in [-0.2, -0.15) is 0 Å². The van der Waals surface area contributed by atoms with Gasteiger partial charge in [0.2, 0.25) is 11.1 Å². The van der Waals surface area contributed by atoms with E-state index >= 15 is 0 Å². The van der Waals surface area contributed by atoms with E-state index in [1.807, 2.05) is 19.0 Å². The number of halogens is 1. The minimum absolute atomic E-state index is 0. The number of nitrogens with two attached hydrogens (primary N) is 1. The Morgan fingerprint density at radius 1 is 1.50 bits per heavy atom. The lowest BCUT2D eigenvalue weighted by Gasteiger charge is -2.48. The first-order valence-corrected chi connectivity index (χ1v) is 9.63. The zero-order valence-electron chi connectivity index (χ0n) is 14.2. The van der Waals surface area contributed by atoms with Crippen molar-refractivity contribution >= 4 is 47.8 Å². The summed E-state index contributed by atoms with van der Waals surface area (Å²) in [4.78, 5) is 26.9. The van der Waals surface area contributed by atoms with Gasteiger partial charge in [-0.15, -0.1) is 29.3 Å². The van der Waals surface area contributed by atoms with Crippen LogP contribution in [0.15, 0.2) is 16.4 Å². The van der Waals surface area contributed by atoms with Gasteiger partial charge >= 0.3 is 5.97 Å². The number of hydrogen-bond acceptors (Lipinski definition) is 9. The molecule has 0 saturated carbocycles. The number of carbonyl (C=O) groups excluding carboxylic acids is 1. The van der Waals surface area contributed by atoms with Gasteiger partial charge in [0.05, 0.1) is 6.54 Å². The van der Waals surface area contributed by atoms with Crippen molar-refractivity contribution in [1.29, 1.82) is 0 Å². The zero-order chi connectivity index (χ0) is 18.1. The molecule has 2 aliphatic rings. The first kappa shape index (κ1) is 21.0. The summed E-state index contributed by atoms with van der Waals surface area (Å²) in [5.41, 5.74) is 6.48. The average Bonchev–Trinajstić information content (AvgIpc) is 3.03. The Labute approximate surface area is 164 Å². The third kappa shape index (κ3) is 3.98. The number of carboxylic acid groups (broad SMARTS) is 1. The number of nitrogens with zero attached hydrogens (tertiary/aromatic N) is 6. The van der Waals surface area contributed by atoms with Crippen molar-refractivity contribution in [1.82, 2.24) is 30.0 Å². The second kappa shape index (κ2) is 8.57. The van der Waals surface area contributed by atoms with Crippen molar-refractivity contribution in [3.8, 4) is 0 Å². The predicted octanol–water partition coefficient (Wildman–Crippen LogP) is -0.670. The fourth-order valence-electron chi connectivity index (χ4n) is 2.58. The molecule has 13 heteroatoms. The summed E-state index contributed by atoms with van der Waals surface area (Å²) in [5, 5.41) is 21.5. The van der Waals surface area contributed by atoms with Crippen LogP contribution in [-0.4, -0.2) is 90.6 Å². The molecule has 1 aromatic rings. The Morgan fingerprint density at radius 3 is 2.88 bits per heavy atom. The van der Waals surface area contributed by atoms with E-state index in [-0.39, 0.29) is 29.4 Å². The summed E-state index contributed by atoms with van der Waals surface area (Å²) in [6.07, 6.45) is 0. The molecule has 2 aliphatic heterocycles. The van der Waals surface area contributed by atoms with Crippen LogP contribution in [0.4, 0.5) is 0 Å². The van der Waals surface area contributed by atoms with Crippen LogP contribution >= 0.6 is 35.9 Å². The summed E-state index contributed by atoms with van der Waals surface area (Å²) < 4.78 is 1.69. The molecule has 2 atom stereocenters. The van der Waals surface area contributed by atoms with Crippen molar-refractivity contribution in [3.63, 3.8) is 0 Å². The molecule has 1 saturated heterocycles. The standard InChI is InChI=1S/C13H19N7O3S2.ClH/c1-18(2)3-4-19-13(15-16-17-19)25-6-7-5-24-11-8(14)10(21)20(11)9(7)12(22)23;/h8,11H,3-6,14H2,1-2H3,(H,22,23);1H. The number of aliphatic carboxylic acids is 1. The number of aromatic nitrogens is 4. The van der Waals surface area contributed by atoms with E-state index in [1.165, 1.54) is 28.4 Å². The highest BCUT2D eigenvalue weighted by Crippen LogP contribution is 2.40. The summed E-state index contributed by atoms with van der Waals surface area (Å²) in [6.45, 7) is 1.43. The Balaban J connectivity index is 0.00000243. The van der Waals surface area contributed by atoms with Gasteiger partial charge in [0.1, 0.15) is 17.1 Å². The molecule has 0 aromatic carbocycles. The zero-order valence-corrected chi connectivity index (χ0v) is 16.7. The van der Waals surface area contributed by atoms with Crippen LogP contribution in [0.1, 0.15) is 0 Å². The summed E-state index contributed by atoms with van der Waals surface area (Å²) >= 11 is 2.86. The van der Waals surface area contributed by atoms with Gasteiger partial charge in [-0.3, -0.25) is 9.69 Å². The quantitative estimate of drug-likeness (QED) is 0.431. The Hall–Kier alpha value is -1.34. The number of β-lactam (4-membered cyclic amide) rings is 1. The average molecular weight is 422 g/mol. The summed E-state index contributed by atoms with van der Waals surface area (Å²) in [6, 6.07) is -0.619. The predicted molar refractivity (Wildman–Crippen MR) is 100 cm³/mol. The van der Waals surface area contributed by atoms with E-state index in [0.717, 1.165) is 6.54 Å². The minimum atomic E-state index is -1.10. The number of thioether (sulfide) groups is 2. The molecule has 1 fully saturated rings. The van der Waals surface area contributed by atoms with Crippen LogP contribution in [0.3, 0.4) is 0 Å². The molecular formula is C13H20ClN7O3S2. The van der Waals surface area contributed by atoms with E-state index < -0.39 is 12.0 Å². The number of hydrogen-bond donors (Lipinski definition) is 2. The SMILES string of the molecule is CN(C)CCn1nnnc1SCC1=C(C(=O)O)N2C(=O)C(N)C2SC1.Cl. The van der Waals surface area contributed by atoms with Gasteiger partial charge in [-0.05, 0) is 30.1 Å². The fraction of sp³-hybridized carbons (Fsp3) is 0.615. The summed E-state index contributed by atoms with van der Waals surface area (Å²) in [5.74, 6) is -0.514. The minimum Gasteiger partial charge on any atom is -0.477 e. The van der Waals surface area contributed by atoms with Crippen LogP contribution in [0.25, 0.3) is 0 Å². The second-order valence-corrected chi connectivity index (χ2v) is 8.02. The van der Waals surface area contributed by atoms with Gasteiger partial charge in [-0.1, -0.05) is 11.8 Å². The number of fused-ring (bicyclic) bond motifs is 1. The van der Waals surface area contributed by atoms with Crippen molar-refractivity contribution < 1.29 is 14.7 Å². The lowest BCUT2D eigenvalue weighted by Crippen LogP contribution is -2.68. The molecule has 1 aromatic heterocycles. The van der Waals surface area contributed by atoms with Crippen molar-refractivity contribution in [2.24, 2.45) is 5.73 Å². The van der Waals surface area contributed by atoms with Crippen molar-refractivity contribution in [2.75, 3.05) is 32.1 Å². The third-order valence-electron chi connectivity index (χ3n) is 3.92. The molecule has 144 valence electrons. The van der Waals surface area contributed by atoms with Crippen LogP contribution in [-0.2, 0) is 16.1 Å². The van der Waals surface area contributed by atoms with Crippen LogP contribution in [0.5, 0.6) is 0 Å². The highest BCUT2D eigenvalue weighted by atomic mass is 35.5. The molecule has 0 bridgehead atoms. The molecule has 0 spiro atoms. The normalized spacial score (nSPS) is 22.2. The van der Waals surface area contributed by atoms with E-state index in [1.54, 1.807) is 4.68 Å². The first-order valence-electron chi connectivity index (χ1n) is 7.59. The molecular weight excluding hydrogens is 402 g/mol. The lowest BCUT2D eigenvalue weighted by molar-refractivity contribution is -0.147. The maximum atomic E-state index is 11.9. The van der Waals surface area contributed by atoms with Gasteiger partial charge in [0, 0.05) is 18.1 Å². The molecule has 10 nitrogen and oxygen atoms in total. The van der Waals surface area contributed by atoms with E-state index in [2.05, 4.69) is 15.5 Å². The smallest absolute Gasteiger partial charge is 0.352 e. The Bertz CT molecular complexity index is 726. The number of rotatable bonds is 7.